The minimum absolute atomic E-state index is 0.0454. The summed E-state index contributed by atoms with van der Waals surface area (Å²) in [5, 5.41) is 19.0. The Morgan fingerprint density at radius 1 is 1.43 bits per heavy atom. The van der Waals surface area contributed by atoms with Crippen molar-refractivity contribution in [1.82, 2.24) is 9.78 Å². The van der Waals surface area contributed by atoms with Crippen LogP contribution >= 0.6 is 15.9 Å². The molecule has 0 spiro atoms. The first-order valence-corrected chi connectivity index (χ1v) is 7.50. The Morgan fingerprint density at radius 2 is 2.14 bits per heavy atom. The molecule has 112 valence electrons. The molecule has 2 rings (SSSR count). The topological polar surface area (TPSA) is 73.0 Å². The standard InChI is InChI=1S/C14H17BrN4O2/c1-4-8-16-11-6-5-7-12(14(11)19(20)21)18-10(3)13(15)9(2)17-18/h5-7,16H,4,8H2,1-3H3. The van der Waals surface area contributed by atoms with Gasteiger partial charge in [-0.3, -0.25) is 10.1 Å². The summed E-state index contributed by atoms with van der Waals surface area (Å²) in [6, 6.07) is 5.23. The summed E-state index contributed by atoms with van der Waals surface area (Å²) in [7, 11) is 0. The molecule has 0 aliphatic heterocycles. The third-order valence-electron chi connectivity index (χ3n) is 3.19. The van der Waals surface area contributed by atoms with Crippen molar-refractivity contribution in [3.8, 4) is 5.69 Å². The molecule has 0 saturated carbocycles. The summed E-state index contributed by atoms with van der Waals surface area (Å²) in [6.45, 7) is 6.43. The molecule has 7 heteroatoms. The van der Waals surface area contributed by atoms with Crippen LogP contribution in [0.25, 0.3) is 5.69 Å². The largest absolute Gasteiger partial charge is 0.379 e. The Kier molecular flexibility index (Phi) is 4.62. The number of nitrogens with one attached hydrogen (secondary N) is 1. The third kappa shape index (κ3) is 2.92. The summed E-state index contributed by atoms with van der Waals surface area (Å²) in [4.78, 5) is 11.1. The van der Waals surface area contributed by atoms with Crippen LogP contribution in [-0.4, -0.2) is 21.2 Å². The minimum Gasteiger partial charge on any atom is -0.379 e. The first-order valence-electron chi connectivity index (χ1n) is 6.70. The molecule has 21 heavy (non-hydrogen) atoms. The van der Waals surface area contributed by atoms with Crippen LogP contribution in [0.15, 0.2) is 22.7 Å². The molecule has 1 aromatic heterocycles. The van der Waals surface area contributed by atoms with Gasteiger partial charge in [0.05, 0.1) is 20.8 Å². The highest BCUT2D eigenvalue weighted by atomic mass is 79.9. The second-order valence-electron chi connectivity index (χ2n) is 4.75. The average molecular weight is 353 g/mol. The van der Waals surface area contributed by atoms with Gasteiger partial charge >= 0.3 is 5.69 Å². The molecule has 0 amide bonds. The minimum atomic E-state index is -0.363. The van der Waals surface area contributed by atoms with Crippen LogP contribution in [0.3, 0.4) is 0 Å². The van der Waals surface area contributed by atoms with E-state index in [1.54, 1.807) is 22.9 Å². The molecule has 0 saturated heterocycles. The van der Waals surface area contributed by atoms with Crippen LogP contribution in [0.1, 0.15) is 24.7 Å². The van der Waals surface area contributed by atoms with Gasteiger partial charge in [0.25, 0.3) is 0 Å². The summed E-state index contributed by atoms with van der Waals surface area (Å²) in [5.74, 6) is 0. The SMILES string of the molecule is CCCNc1cccc(-n2nc(C)c(Br)c2C)c1[N+](=O)[O-]. The maximum atomic E-state index is 11.5. The Bertz CT molecular complexity index is 682. The summed E-state index contributed by atoms with van der Waals surface area (Å²) >= 11 is 3.45. The maximum absolute atomic E-state index is 11.5. The number of aryl methyl sites for hydroxylation is 1. The maximum Gasteiger partial charge on any atom is 0.317 e. The molecule has 2 aromatic rings. The van der Waals surface area contributed by atoms with Crippen molar-refractivity contribution in [2.24, 2.45) is 0 Å². The fraction of sp³-hybridized carbons (Fsp3) is 0.357. The molecular weight excluding hydrogens is 336 g/mol. The summed E-state index contributed by atoms with van der Waals surface area (Å²) in [5.41, 5.74) is 2.66. The van der Waals surface area contributed by atoms with Gasteiger partial charge in [0.2, 0.25) is 0 Å². The lowest BCUT2D eigenvalue weighted by molar-refractivity contribution is -0.383. The van der Waals surface area contributed by atoms with Crippen molar-refractivity contribution >= 4 is 27.3 Å². The van der Waals surface area contributed by atoms with E-state index < -0.39 is 0 Å². The fourth-order valence-corrected chi connectivity index (χ4v) is 2.40. The molecular formula is C14H17BrN4O2. The van der Waals surface area contributed by atoms with Crippen molar-refractivity contribution in [3.05, 3.63) is 44.2 Å². The molecule has 0 fully saturated rings. The van der Waals surface area contributed by atoms with Gasteiger partial charge in [0, 0.05) is 6.54 Å². The van der Waals surface area contributed by atoms with E-state index in [0.29, 0.717) is 17.9 Å². The molecule has 0 atom stereocenters. The van der Waals surface area contributed by atoms with Crippen LogP contribution in [0.2, 0.25) is 0 Å². The number of aromatic nitrogens is 2. The summed E-state index contributed by atoms with van der Waals surface area (Å²) < 4.78 is 2.47. The Labute approximate surface area is 131 Å². The molecule has 1 aromatic carbocycles. The van der Waals surface area contributed by atoms with Crippen molar-refractivity contribution < 1.29 is 4.92 Å². The van der Waals surface area contributed by atoms with E-state index in [2.05, 4.69) is 26.3 Å². The van der Waals surface area contributed by atoms with Gasteiger partial charge in [-0.05, 0) is 48.3 Å². The van der Waals surface area contributed by atoms with E-state index in [0.717, 1.165) is 22.3 Å². The van der Waals surface area contributed by atoms with Gasteiger partial charge in [-0.25, -0.2) is 4.68 Å². The third-order valence-corrected chi connectivity index (χ3v) is 4.34. The van der Waals surface area contributed by atoms with Crippen molar-refractivity contribution in [2.75, 3.05) is 11.9 Å². The lowest BCUT2D eigenvalue weighted by Crippen LogP contribution is -2.08. The number of rotatable bonds is 5. The van der Waals surface area contributed by atoms with Crippen molar-refractivity contribution in [1.29, 1.82) is 0 Å². The number of hydrogen-bond donors (Lipinski definition) is 1. The van der Waals surface area contributed by atoms with E-state index in [1.165, 1.54) is 0 Å². The van der Waals surface area contributed by atoms with Crippen LogP contribution in [0, 0.1) is 24.0 Å². The normalized spacial score (nSPS) is 10.7. The smallest absolute Gasteiger partial charge is 0.317 e. The highest BCUT2D eigenvalue weighted by Gasteiger charge is 2.23. The Balaban J connectivity index is 2.62. The number of benzene rings is 1. The number of nitro groups is 1. The molecule has 0 unspecified atom stereocenters. The lowest BCUT2D eigenvalue weighted by Gasteiger charge is -2.10. The number of halogens is 1. The molecule has 0 aliphatic rings. The Hall–Kier alpha value is -1.89. The van der Waals surface area contributed by atoms with E-state index in [4.69, 9.17) is 0 Å². The van der Waals surface area contributed by atoms with Crippen LogP contribution < -0.4 is 5.32 Å². The number of anilines is 1. The van der Waals surface area contributed by atoms with Gasteiger partial charge < -0.3 is 5.32 Å². The van der Waals surface area contributed by atoms with Crippen LogP contribution in [0.4, 0.5) is 11.4 Å². The van der Waals surface area contributed by atoms with Crippen LogP contribution in [-0.2, 0) is 0 Å². The van der Waals surface area contributed by atoms with Crippen LogP contribution in [0.5, 0.6) is 0 Å². The molecule has 1 N–H and O–H groups in total. The highest BCUT2D eigenvalue weighted by molar-refractivity contribution is 9.10. The fourth-order valence-electron chi connectivity index (χ4n) is 2.15. The number of para-hydroxylation sites is 1. The van der Waals surface area contributed by atoms with Crippen molar-refractivity contribution in [2.45, 2.75) is 27.2 Å². The summed E-state index contributed by atoms with van der Waals surface area (Å²) in [6.07, 6.45) is 0.896. The highest BCUT2D eigenvalue weighted by Crippen LogP contribution is 2.33. The first kappa shape index (κ1) is 15.5. The van der Waals surface area contributed by atoms with Gasteiger partial charge in [0.15, 0.2) is 0 Å². The molecule has 6 nitrogen and oxygen atoms in total. The van der Waals surface area contributed by atoms with E-state index in [1.807, 2.05) is 20.8 Å². The van der Waals surface area contributed by atoms with Gasteiger partial charge in [-0.15, -0.1) is 0 Å². The predicted octanol–water partition coefficient (Wildman–Crippen LogP) is 3.98. The zero-order chi connectivity index (χ0) is 15.6. The van der Waals surface area contributed by atoms with Gasteiger partial charge in [0.1, 0.15) is 11.4 Å². The van der Waals surface area contributed by atoms with Crippen molar-refractivity contribution in [3.63, 3.8) is 0 Å². The monoisotopic (exact) mass is 352 g/mol. The zero-order valence-corrected chi connectivity index (χ0v) is 13.8. The second-order valence-corrected chi connectivity index (χ2v) is 5.55. The molecule has 1 heterocycles. The number of nitro benzene ring substituents is 1. The second kappa shape index (κ2) is 6.26. The molecule has 0 radical (unpaired) electrons. The lowest BCUT2D eigenvalue weighted by atomic mass is 10.2. The predicted molar refractivity (Wildman–Crippen MR) is 86.2 cm³/mol. The quantitative estimate of drug-likeness (QED) is 0.652. The Morgan fingerprint density at radius 3 is 2.67 bits per heavy atom. The van der Waals surface area contributed by atoms with Gasteiger partial charge in [-0.1, -0.05) is 13.0 Å². The number of hydrogen-bond acceptors (Lipinski definition) is 4. The molecule has 0 aliphatic carbocycles. The van der Waals surface area contributed by atoms with E-state index in [-0.39, 0.29) is 10.6 Å². The number of nitrogens with zero attached hydrogens (tertiary/aromatic N) is 3. The first-order chi connectivity index (χ1) is 9.97. The zero-order valence-electron chi connectivity index (χ0n) is 12.2. The van der Waals surface area contributed by atoms with E-state index in [9.17, 15) is 10.1 Å². The average Bonchev–Trinajstić information content (AvgIpc) is 2.72. The van der Waals surface area contributed by atoms with E-state index >= 15 is 0 Å². The molecule has 0 bridgehead atoms. The van der Waals surface area contributed by atoms with Gasteiger partial charge in [-0.2, -0.15) is 5.10 Å².